The number of hydrogen-bond donors (Lipinski definition) is 2. The summed E-state index contributed by atoms with van der Waals surface area (Å²) in [5.41, 5.74) is 0.437. The van der Waals surface area contributed by atoms with Crippen LogP contribution < -0.4 is 10.6 Å². The van der Waals surface area contributed by atoms with E-state index >= 15 is 0 Å². The maximum absolute atomic E-state index is 12.0. The van der Waals surface area contributed by atoms with Crippen LogP contribution in [0.15, 0.2) is 18.5 Å². The average molecular weight is 281 g/mol. The van der Waals surface area contributed by atoms with Gasteiger partial charge in [-0.2, -0.15) is 0 Å². The molecule has 0 aromatic carbocycles. The Kier molecular flexibility index (Phi) is 3.96. The molecule has 2 aromatic heterocycles. The number of nitrogens with one attached hydrogen (secondary N) is 2. The van der Waals surface area contributed by atoms with Crippen LogP contribution in [0, 0.1) is 0 Å². The number of rotatable bonds is 4. The van der Waals surface area contributed by atoms with Gasteiger partial charge < -0.3 is 15.2 Å². The fourth-order valence-corrected chi connectivity index (χ4v) is 1.69. The van der Waals surface area contributed by atoms with Crippen LogP contribution in [0.4, 0.5) is 5.82 Å². The van der Waals surface area contributed by atoms with Crippen molar-refractivity contribution in [1.29, 1.82) is 0 Å². The number of aromatic nitrogens is 4. The lowest BCUT2D eigenvalue weighted by atomic mass is 10.2. The summed E-state index contributed by atoms with van der Waals surface area (Å²) in [6.45, 7) is 0.296. The van der Waals surface area contributed by atoms with Gasteiger partial charge in [0.15, 0.2) is 5.82 Å². The normalized spacial score (nSPS) is 10.3. The lowest BCUT2D eigenvalue weighted by molar-refractivity contribution is 0.0949. The first-order valence-corrected chi connectivity index (χ1v) is 5.94. The highest BCUT2D eigenvalue weighted by Crippen LogP contribution is 2.14. The number of nitrogens with zero attached hydrogens (tertiary/aromatic N) is 4. The molecule has 0 aliphatic carbocycles. The summed E-state index contributed by atoms with van der Waals surface area (Å²) in [5.74, 6) is 0.961. The quantitative estimate of drug-likeness (QED) is 0.811. The molecule has 0 unspecified atom stereocenters. The molecule has 0 spiro atoms. The molecule has 100 valence electrons. The molecular weight excluding hydrogens is 268 g/mol. The second-order valence-corrected chi connectivity index (χ2v) is 4.24. The Labute approximate surface area is 115 Å². The fraction of sp³-hybridized carbons (Fsp3) is 0.273. The summed E-state index contributed by atoms with van der Waals surface area (Å²) in [7, 11) is 3.52. The first-order valence-electron chi connectivity index (χ1n) is 5.56. The molecule has 0 aliphatic heterocycles. The molecule has 2 aromatic rings. The highest BCUT2D eigenvalue weighted by Gasteiger charge is 2.10. The standard InChI is InChI=1S/C11H13ClN6O/c1-13-9-4-7(3-8(12)16-9)11(19)14-5-10-17-15-6-18(10)2/h3-4,6H,5H2,1-2H3,(H,13,16)(H,14,19). The zero-order chi connectivity index (χ0) is 13.8. The molecule has 8 heteroatoms. The van der Waals surface area contributed by atoms with Gasteiger partial charge in [-0.3, -0.25) is 4.79 Å². The van der Waals surface area contributed by atoms with Crippen molar-refractivity contribution in [1.82, 2.24) is 25.1 Å². The first-order chi connectivity index (χ1) is 9.10. The maximum Gasteiger partial charge on any atom is 0.251 e. The molecule has 0 saturated heterocycles. The van der Waals surface area contributed by atoms with Gasteiger partial charge in [0.1, 0.15) is 17.3 Å². The van der Waals surface area contributed by atoms with Crippen LogP contribution in [0.5, 0.6) is 0 Å². The van der Waals surface area contributed by atoms with Gasteiger partial charge in [0.2, 0.25) is 0 Å². The van der Waals surface area contributed by atoms with Crippen LogP contribution in [0.3, 0.4) is 0 Å². The van der Waals surface area contributed by atoms with Crippen molar-refractivity contribution < 1.29 is 4.79 Å². The van der Waals surface area contributed by atoms with Gasteiger partial charge in [0.05, 0.1) is 6.54 Å². The molecule has 2 rings (SSSR count). The van der Waals surface area contributed by atoms with Gasteiger partial charge in [-0.05, 0) is 12.1 Å². The second-order valence-electron chi connectivity index (χ2n) is 3.85. The summed E-state index contributed by atoms with van der Waals surface area (Å²) < 4.78 is 1.73. The summed E-state index contributed by atoms with van der Waals surface area (Å²) in [5, 5.41) is 13.5. The largest absolute Gasteiger partial charge is 0.373 e. The number of hydrogen-bond acceptors (Lipinski definition) is 5. The van der Waals surface area contributed by atoms with E-state index in [9.17, 15) is 4.79 Å². The van der Waals surface area contributed by atoms with Gasteiger partial charge in [-0.25, -0.2) is 4.98 Å². The molecule has 7 nitrogen and oxygen atoms in total. The average Bonchev–Trinajstić information content (AvgIpc) is 2.80. The molecule has 1 amide bonds. The number of halogens is 1. The maximum atomic E-state index is 12.0. The van der Waals surface area contributed by atoms with E-state index in [0.29, 0.717) is 23.8 Å². The number of carbonyl (C=O) groups excluding carboxylic acids is 1. The van der Waals surface area contributed by atoms with Gasteiger partial charge >= 0.3 is 0 Å². The fourth-order valence-electron chi connectivity index (χ4n) is 1.48. The third-order valence-electron chi connectivity index (χ3n) is 2.52. The summed E-state index contributed by atoms with van der Waals surface area (Å²) >= 11 is 5.84. The molecule has 2 N–H and O–H groups in total. The van der Waals surface area contributed by atoms with E-state index in [1.54, 1.807) is 24.0 Å². The number of anilines is 1. The van der Waals surface area contributed by atoms with Crippen LogP contribution in [0.2, 0.25) is 5.15 Å². The highest BCUT2D eigenvalue weighted by molar-refractivity contribution is 6.29. The Balaban J connectivity index is 2.08. The minimum absolute atomic E-state index is 0.246. The van der Waals surface area contributed by atoms with Crippen LogP contribution >= 0.6 is 11.6 Å². The first kappa shape index (κ1) is 13.3. The van der Waals surface area contributed by atoms with E-state index < -0.39 is 0 Å². The number of aryl methyl sites for hydroxylation is 1. The third-order valence-corrected chi connectivity index (χ3v) is 2.72. The SMILES string of the molecule is CNc1cc(C(=O)NCc2nncn2C)cc(Cl)n1. The highest BCUT2D eigenvalue weighted by atomic mass is 35.5. The lowest BCUT2D eigenvalue weighted by Gasteiger charge is -2.07. The van der Waals surface area contributed by atoms with E-state index in [2.05, 4.69) is 25.8 Å². The van der Waals surface area contributed by atoms with Crippen molar-refractivity contribution in [2.24, 2.45) is 7.05 Å². The van der Waals surface area contributed by atoms with Crippen molar-refractivity contribution in [2.45, 2.75) is 6.54 Å². The van der Waals surface area contributed by atoms with Crippen LogP contribution in [-0.4, -0.2) is 32.7 Å². The van der Waals surface area contributed by atoms with E-state index in [0.717, 1.165) is 0 Å². The van der Waals surface area contributed by atoms with E-state index in [1.165, 1.54) is 6.07 Å². The topological polar surface area (TPSA) is 84.7 Å². The summed E-state index contributed by atoms with van der Waals surface area (Å²) in [4.78, 5) is 16.0. The number of amides is 1. The van der Waals surface area contributed by atoms with Gasteiger partial charge in [-0.1, -0.05) is 11.6 Å². The van der Waals surface area contributed by atoms with Crippen LogP contribution in [-0.2, 0) is 13.6 Å². The zero-order valence-electron chi connectivity index (χ0n) is 10.5. The third kappa shape index (κ3) is 3.19. The molecule has 19 heavy (non-hydrogen) atoms. The zero-order valence-corrected chi connectivity index (χ0v) is 11.3. The number of pyridine rings is 1. The Morgan fingerprint density at radius 1 is 1.47 bits per heavy atom. The minimum atomic E-state index is -0.246. The van der Waals surface area contributed by atoms with Crippen molar-refractivity contribution in [3.8, 4) is 0 Å². The van der Waals surface area contributed by atoms with Gasteiger partial charge in [0.25, 0.3) is 5.91 Å². The number of carbonyl (C=O) groups is 1. The molecule has 0 radical (unpaired) electrons. The molecule has 0 saturated carbocycles. The summed E-state index contributed by atoms with van der Waals surface area (Å²) in [6.07, 6.45) is 1.57. The van der Waals surface area contributed by atoms with Crippen molar-refractivity contribution >= 4 is 23.3 Å². The molecule has 0 atom stereocenters. The molecule has 2 heterocycles. The van der Waals surface area contributed by atoms with Crippen molar-refractivity contribution in [3.63, 3.8) is 0 Å². The smallest absolute Gasteiger partial charge is 0.251 e. The van der Waals surface area contributed by atoms with E-state index in [4.69, 9.17) is 11.6 Å². The predicted molar refractivity (Wildman–Crippen MR) is 71.0 cm³/mol. The minimum Gasteiger partial charge on any atom is -0.373 e. The lowest BCUT2D eigenvalue weighted by Crippen LogP contribution is -2.24. The Bertz CT molecular complexity index is 597. The molecule has 0 aliphatic rings. The Morgan fingerprint density at radius 3 is 2.89 bits per heavy atom. The molecular formula is C11H13ClN6O. The van der Waals surface area contributed by atoms with E-state index in [1.807, 2.05) is 7.05 Å². The summed E-state index contributed by atoms with van der Waals surface area (Å²) in [6, 6.07) is 3.13. The predicted octanol–water partition coefficient (Wildman–Crippen LogP) is 0.835. The van der Waals surface area contributed by atoms with Gasteiger partial charge in [-0.15, -0.1) is 10.2 Å². The van der Waals surface area contributed by atoms with Crippen molar-refractivity contribution in [3.05, 3.63) is 35.0 Å². The molecule has 0 fully saturated rings. The van der Waals surface area contributed by atoms with Gasteiger partial charge in [0, 0.05) is 19.7 Å². The second kappa shape index (κ2) is 5.66. The monoisotopic (exact) mass is 280 g/mol. The Morgan fingerprint density at radius 2 is 2.26 bits per heavy atom. The van der Waals surface area contributed by atoms with E-state index in [-0.39, 0.29) is 11.1 Å². The Hall–Kier alpha value is -2.15. The van der Waals surface area contributed by atoms with Crippen LogP contribution in [0.25, 0.3) is 0 Å². The van der Waals surface area contributed by atoms with Crippen molar-refractivity contribution in [2.75, 3.05) is 12.4 Å². The van der Waals surface area contributed by atoms with Crippen LogP contribution in [0.1, 0.15) is 16.2 Å². The molecule has 0 bridgehead atoms.